The summed E-state index contributed by atoms with van der Waals surface area (Å²) >= 11 is 0. The van der Waals surface area contributed by atoms with Crippen molar-refractivity contribution in [2.24, 2.45) is 0 Å². The largest absolute Gasteiger partial charge is 0.479 e. The Morgan fingerprint density at radius 2 is 1.81 bits per heavy atom. The number of nitrogens with one attached hydrogen (secondary N) is 1. The van der Waals surface area contributed by atoms with Crippen LogP contribution in [0.25, 0.3) is 0 Å². The molecule has 1 unspecified atom stereocenters. The second-order valence-electron chi connectivity index (χ2n) is 5.78. The SMILES string of the molecule is CN(C(=O)NC(C)(C(=O)O)c1ccccc1)C1CCCC1. The van der Waals surface area contributed by atoms with Crippen LogP contribution in [0.1, 0.15) is 38.2 Å². The molecule has 1 aliphatic rings. The lowest BCUT2D eigenvalue weighted by atomic mass is 9.92. The number of urea groups is 1. The fraction of sp³-hybridized carbons (Fsp3) is 0.500. The van der Waals surface area contributed by atoms with E-state index in [0.717, 1.165) is 25.7 Å². The molecule has 0 bridgehead atoms. The summed E-state index contributed by atoms with van der Waals surface area (Å²) < 4.78 is 0. The number of carboxylic acid groups (broad SMARTS) is 1. The zero-order valence-electron chi connectivity index (χ0n) is 12.5. The number of hydrogen-bond acceptors (Lipinski definition) is 2. The average molecular weight is 290 g/mol. The number of hydrogen-bond donors (Lipinski definition) is 2. The normalized spacial score (nSPS) is 18.0. The Morgan fingerprint density at radius 1 is 1.24 bits per heavy atom. The maximum atomic E-state index is 12.4. The van der Waals surface area contributed by atoms with Gasteiger partial charge in [0.2, 0.25) is 0 Å². The van der Waals surface area contributed by atoms with Gasteiger partial charge in [0, 0.05) is 13.1 Å². The topological polar surface area (TPSA) is 69.6 Å². The first-order valence-corrected chi connectivity index (χ1v) is 7.29. The summed E-state index contributed by atoms with van der Waals surface area (Å²) in [4.78, 5) is 25.7. The fourth-order valence-electron chi connectivity index (χ4n) is 2.78. The Labute approximate surface area is 125 Å². The molecule has 5 heteroatoms. The number of carbonyl (C=O) groups is 2. The van der Waals surface area contributed by atoms with Crippen LogP contribution in [0.3, 0.4) is 0 Å². The molecule has 114 valence electrons. The molecule has 1 saturated carbocycles. The third-order valence-electron chi connectivity index (χ3n) is 4.33. The molecule has 1 aromatic rings. The number of carboxylic acids is 1. The quantitative estimate of drug-likeness (QED) is 0.895. The average Bonchev–Trinajstić information content (AvgIpc) is 3.01. The molecule has 2 rings (SSSR count). The van der Waals surface area contributed by atoms with Gasteiger partial charge in [-0.3, -0.25) is 0 Å². The Bertz CT molecular complexity index is 512. The van der Waals surface area contributed by atoms with Crippen molar-refractivity contribution in [3.05, 3.63) is 35.9 Å². The van der Waals surface area contributed by atoms with E-state index in [1.54, 1.807) is 36.2 Å². The summed E-state index contributed by atoms with van der Waals surface area (Å²) in [6.07, 6.45) is 4.21. The number of benzene rings is 1. The highest BCUT2D eigenvalue weighted by atomic mass is 16.4. The van der Waals surface area contributed by atoms with Crippen LogP contribution < -0.4 is 5.32 Å². The van der Waals surface area contributed by atoms with Crippen molar-refractivity contribution in [1.29, 1.82) is 0 Å². The van der Waals surface area contributed by atoms with Crippen molar-refractivity contribution in [2.75, 3.05) is 7.05 Å². The fourth-order valence-corrected chi connectivity index (χ4v) is 2.78. The molecule has 5 nitrogen and oxygen atoms in total. The third kappa shape index (κ3) is 3.17. The maximum absolute atomic E-state index is 12.4. The minimum atomic E-state index is -1.43. The Hall–Kier alpha value is -2.04. The number of amides is 2. The highest BCUT2D eigenvalue weighted by Crippen LogP contribution is 2.25. The summed E-state index contributed by atoms with van der Waals surface area (Å²) in [5.41, 5.74) is -0.865. The van der Waals surface area contributed by atoms with E-state index in [1.807, 2.05) is 6.07 Å². The summed E-state index contributed by atoms with van der Waals surface area (Å²) in [7, 11) is 1.73. The van der Waals surface area contributed by atoms with E-state index in [-0.39, 0.29) is 12.1 Å². The van der Waals surface area contributed by atoms with Crippen molar-refractivity contribution in [3.63, 3.8) is 0 Å². The molecular weight excluding hydrogens is 268 g/mol. The van der Waals surface area contributed by atoms with Crippen LogP contribution in [0.2, 0.25) is 0 Å². The van der Waals surface area contributed by atoms with Crippen LogP contribution in [0.5, 0.6) is 0 Å². The predicted molar refractivity (Wildman–Crippen MR) is 80.0 cm³/mol. The minimum Gasteiger partial charge on any atom is -0.479 e. The summed E-state index contributed by atoms with van der Waals surface area (Å²) in [6, 6.07) is 8.65. The van der Waals surface area contributed by atoms with E-state index < -0.39 is 11.5 Å². The van der Waals surface area contributed by atoms with Gasteiger partial charge in [0.1, 0.15) is 0 Å². The van der Waals surface area contributed by atoms with E-state index in [9.17, 15) is 14.7 Å². The van der Waals surface area contributed by atoms with Gasteiger partial charge in [0.15, 0.2) is 5.54 Å². The van der Waals surface area contributed by atoms with Crippen LogP contribution >= 0.6 is 0 Å². The first-order valence-electron chi connectivity index (χ1n) is 7.29. The van der Waals surface area contributed by atoms with Crippen molar-refractivity contribution in [2.45, 2.75) is 44.2 Å². The summed E-state index contributed by atoms with van der Waals surface area (Å²) in [5.74, 6) is -1.07. The maximum Gasteiger partial charge on any atom is 0.333 e. The lowest BCUT2D eigenvalue weighted by molar-refractivity contribution is -0.144. The van der Waals surface area contributed by atoms with Gasteiger partial charge < -0.3 is 15.3 Å². The first-order chi connectivity index (χ1) is 9.95. The third-order valence-corrected chi connectivity index (χ3v) is 4.33. The van der Waals surface area contributed by atoms with Gasteiger partial charge in [-0.25, -0.2) is 9.59 Å². The molecule has 0 spiro atoms. The zero-order valence-corrected chi connectivity index (χ0v) is 12.5. The van der Waals surface area contributed by atoms with Crippen LogP contribution in [0.15, 0.2) is 30.3 Å². The number of carbonyl (C=O) groups excluding carboxylic acids is 1. The van der Waals surface area contributed by atoms with Crippen molar-refractivity contribution < 1.29 is 14.7 Å². The lowest BCUT2D eigenvalue weighted by Gasteiger charge is -2.32. The number of nitrogens with zero attached hydrogens (tertiary/aromatic N) is 1. The molecule has 2 amide bonds. The standard InChI is InChI=1S/C16H22N2O3/c1-16(14(19)20,12-8-4-3-5-9-12)17-15(21)18(2)13-10-6-7-11-13/h3-5,8-9,13H,6-7,10-11H2,1-2H3,(H,17,21)(H,19,20). The second-order valence-corrected chi connectivity index (χ2v) is 5.78. The second kappa shape index (κ2) is 6.16. The number of aliphatic carboxylic acids is 1. The van der Waals surface area contributed by atoms with Crippen molar-refractivity contribution in [1.82, 2.24) is 10.2 Å². The molecule has 0 aliphatic heterocycles. The van der Waals surface area contributed by atoms with Gasteiger partial charge in [-0.15, -0.1) is 0 Å². The molecule has 0 saturated heterocycles. The van der Waals surface area contributed by atoms with E-state index >= 15 is 0 Å². The van der Waals surface area contributed by atoms with Crippen molar-refractivity contribution in [3.8, 4) is 0 Å². The molecule has 0 heterocycles. The first kappa shape index (κ1) is 15.4. The molecule has 1 atom stereocenters. The molecule has 0 aromatic heterocycles. The summed E-state index contributed by atoms with van der Waals surface area (Å²) in [6.45, 7) is 1.52. The molecule has 1 fully saturated rings. The van der Waals surface area contributed by atoms with E-state index in [2.05, 4.69) is 5.32 Å². The van der Waals surface area contributed by atoms with E-state index in [1.165, 1.54) is 6.92 Å². The molecule has 21 heavy (non-hydrogen) atoms. The van der Waals surface area contributed by atoms with E-state index in [0.29, 0.717) is 5.56 Å². The Morgan fingerprint density at radius 3 is 2.33 bits per heavy atom. The van der Waals surface area contributed by atoms with E-state index in [4.69, 9.17) is 0 Å². The van der Waals surface area contributed by atoms with Crippen LogP contribution in [0.4, 0.5) is 4.79 Å². The monoisotopic (exact) mass is 290 g/mol. The minimum absolute atomic E-state index is 0.207. The van der Waals surface area contributed by atoms with Gasteiger partial charge in [0.05, 0.1) is 0 Å². The molecule has 0 radical (unpaired) electrons. The molecule has 1 aliphatic carbocycles. The highest BCUT2D eigenvalue weighted by molar-refractivity contribution is 5.87. The van der Waals surface area contributed by atoms with Gasteiger partial charge in [-0.2, -0.15) is 0 Å². The van der Waals surface area contributed by atoms with Crippen LogP contribution in [-0.4, -0.2) is 35.1 Å². The highest BCUT2D eigenvalue weighted by Gasteiger charge is 2.38. The predicted octanol–water partition coefficient (Wildman–Crippen LogP) is 2.57. The van der Waals surface area contributed by atoms with Gasteiger partial charge in [0.25, 0.3) is 0 Å². The van der Waals surface area contributed by atoms with Gasteiger partial charge >= 0.3 is 12.0 Å². The lowest BCUT2D eigenvalue weighted by Crippen LogP contribution is -2.54. The molecular formula is C16H22N2O3. The molecule has 2 N–H and O–H groups in total. The van der Waals surface area contributed by atoms with Crippen LogP contribution in [-0.2, 0) is 10.3 Å². The number of rotatable bonds is 4. The Kier molecular flexibility index (Phi) is 4.50. The van der Waals surface area contributed by atoms with Gasteiger partial charge in [-0.1, -0.05) is 43.2 Å². The van der Waals surface area contributed by atoms with Crippen molar-refractivity contribution >= 4 is 12.0 Å². The molecule has 1 aromatic carbocycles. The summed E-state index contributed by atoms with van der Waals surface area (Å²) in [5, 5.41) is 12.2. The smallest absolute Gasteiger partial charge is 0.333 e. The van der Waals surface area contributed by atoms with Gasteiger partial charge in [-0.05, 0) is 25.3 Å². The van der Waals surface area contributed by atoms with Crippen LogP contribution in [0, 0.1) is 0 Å². The zero-order chi connectivity index (χ0) is 15.5. The Balaban J connectivity index is 2.16.